The minimum Gasteiger partial charge on any atom is -0.352 e. The number of nitrogens with one attached hydrogen (secondary N) is 1. The molecule has 1 spiro atoms. The summed E-state index contributed by atoms with van der Waals surface area (Å²) in [6.45, 7) is 3.84. The molecule has 2 aliphatic heterocycles. The fraction of sp³-hybridized carbons (Fsp3) is 0.632. The Morgan fingerprint density at radius 3 is 2.63 bits per heavy atom. The molecule has 8 heteroatoms. The zero-order valence-electron chi connectivity index (χ0n) is 16.1. The van der Waals surface area contributed by atoms with E-state index in [0.29, 0.717) is 56.9 Å². The van der Waals surface area contributed by atoms with Crippen LogP contribution in [0.3, 0.4) is 0 Å². The normalized spacial score (nSPS) is 18.9. The molecule has 1 aromatic heterocycles. The lowest BCUT2D eigenvalue weighted by Gasteiger charge is -2.37. The number of carbonyl (C=O) groups excluding carboxylic acids is 2. The molecule has 2 saturated heterocycles. The summed E-state index contributed by atoms with van der Waals surface area (Å²) in [6, 6.07) is 3.19. The number of pyridine rings is 1. The van der Waals surface area contributed by atoms with Crippen molar-refractivity contribution in [1.82, 2.24) is 20.1 Å². The average Bonchev–Trinajstić information content (AvgIpc) is 3.13. The van der Waals surface area contributed by atoms with Gasteiger partial charge in [0.1, 0.15) is 5.69 Å². The van der Waals surface area contributed by atoms with E-state index in [0.717, 1.165) is 13.0 Å². The van der Waals surface area contributed by atoms with E-state index in [1.807, 2.05) is 14.1 Å². The molecule has 8 nitrogen and oxygen atoms in total. The first-order chi connectivity index (χ1) is 13.0. The van der Waals surface area contributed by atoms with Crippen molar-refractivity contribution in [2.24, 2.45) is 0 Å². The Morgan fingerprint density at radius 2 is 1.96 bits per heavy atom. The summed E-state index contributed by atoms with van der Waals surface area (Å²) in [4.78, 5) is 33.0. The van der Waals surface area contributed by atoms with Gasteiger partial charge in [-0.05, 0) is 39.2 Å². The molecule has 27 heavy (non-hydrogen) atoms. The Balaban J connectivity index is 1.55. The van der Waals surface area contributed by atoms with Crippen LogP contribution >= 0.6 is 0 Å². The molecule has 0 aliphatic carbocycles. The summed E-state index contributed by atoms with van der Waals surface area (Å²) < 4.78 is 11.4. The Morgan fingerprint density at radius 1 is 1.26 bits per heavy atom. The molecule has 2 fully saturated rings. The number of amides is 2. The van der Waals surface area contributed by atoms with Crippen LogP contribution in [-0.2, 0) is 9.47 Å². The van der Waals surface area contributed by atoms with Crippen molar-refractivity contribution in [3.05, 3.63) is 29.6 Å². The lowest BCUT2D eigenvalue weighted by Crippen LogP contribution is -2.47. The average molecular weight is 376 g/mol. The number of carbonyl (C=O) groups is 2. The third kappa shape index (κ3) is 5.03. The first-order valence-electron chi connectivity index (χ1n) is 9.45. The van der Waals surface area contributed by atoms with E-state index in [1.54, 1.807) is 17.0 Å². The second-order valence-electron chi connectivity index (χ2n) is 7.24. The topological polar surface area (TPSA) is 84.0 Å². The van der Waals surface area contributed by atoms with Gasteiger partial charge in [0.15, 0.2) is 5.79 Å². The smallest absolute Gasteiger partial charge is 0.272 e. The van der Waals surface area contributed by atoms with E-state index in [4.69, 9.17) is 9.47 Å². The molecule has 0 saturated carbocycles. The van der Waals surface area contributed by atoms with Crippen LogP contribution in [0, 0.1) is 0 Å². The van der Waals surface area contributed by atoms with Crippen LogP contribution in [0.5, 0.6) is 0 Å². The summed E-state index contributed by atoms with van der Waals surface area (Å²) in [5.74, 6) is -0.862. The maximum atomic E-state index is 12.8. The first-order valence-corrected chi connectivity index (χ1v) is 9.45. The van der Waals surface area contributed by atoms with E-state index in [-0.39, 0.29) is 11.8 Å². The molecule has 3 rings (SSSR count). The quantitative estimate of drug-likeness (QED) is 0.738. The van der Waals surface area contributed by atoms with E-state index in [2.05, 4.69) is 15.2 Å². The molecular weight excluding hydrogens is 348 g/mol. The number of ether oxygens (including phenoxy) is 2. The van der Waals surface area contributed by atoms with Crippen molar-refractivity contribution in [3.8, 4) is 0 Å². The van der Waals surface area contributed by atoms with Gasteiger partial charge in [-0.15, -0.1) is 0 Å². The molecule has 0 radical (unpaired) electrons. The maximum Gasteiger partial charge on any atom is 0.272 e. The molecule has 2 amide bonds. The summed E-state index contributed by atoms with van der Waals surface area (Å²) in [5, 5.41) is 2.88. The molecule has 0 bridgehead atoms. The second kappa shape index (κ2) is 8.77. The zero-order chi connectivity index (χ0) is 19.3. The van der Waals surface area contributed by atoms with Gasteiger partial charge in [0.2, 0.25) is 0 Å². The van der Waals surface area contributed by atoms with Gasteiger partial charge in [-0.2, -0.15) is 0 Å². The first kappa shape index (κ1) is 19.7. The van der Waals surface area contributed by atoms with Crippen molar-refractivity contribution in [2.45, 2.75) is 25.0 Å². The van der Waals surface area contributed by atoms with Crippen molar-refractivity contribution >= 4 is 11.8 Å². The van der Waals surface area contributed by atoms with E-state index < -0.39 is 5.79 Å². The van der Waals surface area contributed by atoms with Crippen LogP contribution in [0.2, 0.25) is 0 Å². The summed E-state index contributed by atoms with van der Waals surface area (Å²) in [5.41, 5.74) is 0.745. The number of aromatic nitrogens is 1. The fourth-order valence-corrected chi connectivity index (χ4v) is 3.39. The highest BCUT2D eigenvalue weighted by molar-refractivity contribution is 5.98. The van der Waals surface area contributed by atoms with Crippen LogP contribution in [-0.4, -0.2) is 85.9 Å². The Hall–Kier alpha value is -2.03. The van der Waals surface area contributed by atoms with Crippen molar-refractivity contribution in [1.29, 1.82) is 0 Å². The van der Waals surface area contributed by atoms with Crippen LogP contribution in [0.4, 0.5) is 0 Å². The van der Waals surface area contributed by atoms with Crippen LogP contribution in [0.15, 0.2) is 18.3 Å². The standard InChI is InChI=1S/C19H28N4O4/c1-22(2)9-3-7-21-17(24)15-4-8-20-16(14-15)18(25)23-10-5-19(6-11-23)26-12-13-27-19/h4,8,14H,3,5-7,9-13H2,1-2H3,(H,21,24). The van der Waals surface area contributed by atoms with Crippen LogP contribution in [0.25, 0.3) is 0 Å². The molecule has 1 aromatic rings. The highest BCUT2D eigenvalue weighted by atomic mass is 16.7. The van der Waals surface area contributed by atoms with Gasteiger partial charge >= 0.3 is 0 Å². The minimum absolute atomic E-state index is 0.162. The van der Waals surface area contributed by atoms with Gasteiger partial charge < -0.3 is 24.6 Å². The molecule has 1 N–H and O–H groups in total. The number of piperidine rings is 1. The number of nitrogens with zero attached hydrogens (tertiary/aromatic N) is 3. The van der Waals surface area contributed by atoms with Crippen LogP contribution in [0.1, 0.15) is 40.1 Å². The molecule has 2 aliphatic rings. The molecule has 0 aromatic carbocycles. The highest BCUT2D eigenvalue weighted by Gasteiger charge is 2.41. The number of hydrogen-bond donors (Lipinski definition) is 1. The Labute approximate surface area is 159 Å². The van der Waals surface area contributed by atoms with Gasteiger partial charge in [-0.1, -0.05) is 0 Å². The second-order valence-corrected chi connectivity index (χ2v) is 7.24. The third-order valence-electron chi connectivity index (χ3n) is 4.93. The molecular formula is C19H28N4O4. The summed E-state index contributed by atoms with van der Waals surface area (Å²) in [6.07, 6.45) is 3.70. The van der Waals surface area contributed by atoms with E-state index in [9.17, 15) is 9.59 Å². The van der Waals surface area contributed by atoms with Gasteiger partial charge in [-0.3, -0.25) is 14.6 Å². The number of hydrogen-bond acceptors (Lipinski definition) is 6. The van der Waals surface area contributed by atoms with Crippen molar-refractivity contribution < 1.29 is 19.1 Å². The van der Waals surface area contributed by atoms with Gasteiger partial charge in [0.05, 0.1) is 13.2 Å². The minimum atomic E-state index is -0.515. The predicted octanol–water partition coefficient (Wildman–Crippen LogP) is 0.742. The molecule has 0 unspecified atom stereocenters. The molecule has 148 valence electrons. The Kier molecular flexibility index (Phi) is 6.41. The van der Waals surface area contributed by atoms with Crippen LogP contribution < -0.4 is 5.32 Å². The van der Waals surface area contributed by atoms with E-state index >= 15 is 0 Å². The highest BCUT2D eigenvalue weighted by Crippen LogP contribution is 2.31. The monoisotopic (exact) mass is 376 g/mol. The van der Waals surface area contributed by atoms with Gasteiger partial charge in [0.25, 0.3) is 11.8 Å². The van der Waals surface area contributed by atoms with Crippen molar-refractivity contribution in [3.63, 3.8) is 0 Å². The largest absolute Gasteiger partial charge is 0.352 e. The molecule has 0 atom stereocenters. The van der Waals surface area contributed by atoms with Gasteiger partial charge in [0, 0.05) is 44.2 Å². The van der Waals surface area contributed by atoms with Crippen molar-refractivity contribution in [2.75, 3.05) is 53.5 Å². The lowest BCUT2D eigenvalue weighted by atomic mass is 10.0. The third-order valence-corrected chi connectivity index (χ3v) is 4.93. The summed E-state index contributed by atoms with van der Waals surface area (Å²) in [7, 11) is 3.99. The summed E-state index contributed by atoms with van der Waals surface area (Å²) >= 11 is 0. The molecule has 3 heterocycles. The maximum absolute atomic E-state index is 12.8. The fourth-order valence-electron chi connectivity index (χ4n) is 3.39. The number of likely N-dealkylation sites (tertiary alicyclic amines) is 1. The SMILES string of the molecule is CN(C)CCCNC(=O)c1ccnc(C(=O)N2CCC3(CC2)OCCO3)c1. The Bertz CT molecular complexity index is 663. The zero-order valence-corrected chi connectivity index (χ0v) is 16.1. The lowest BCUT2D eigenvalue weighted by molar-refractivity contribution is -0.181. The van der Waals surface area contributed by atoms with Gasteiger partial charge in [-0.25, -0.2) is 0 Å². The predicted molar refractivity (Wildman–Crippen MR) is 99.5 cm³/mol. The van der Waals surface area contributed by atoms with E-state index in [1.165, 1.54) is 6.20 Å². The number of rotatable bonds is 6.